The number of aromatic nitrogens is 4. The molecular formula is C25H28N6S. The third-order valence-electron chi connectivity index (χ3n) is 6.36. The van der Waals surface area contributed by atoms with E-state index in [1.54, 1.807) is 11.3 Å². The summed E-state index contributed by atoms with van der Waals surface area (Å²) >= 11 is 1.62. The fraction of sp³-hybridized carbons (Fsp3) is 0.360. The highest BCUT2D eigenvalue weighted by molar-refractivity contribution is 7.21. The first-order valence-electron chi connectivity index (χ1n) is 11.1. The third-order valence-corrected chi connectivity index (χ3v) is 7.37. The van der Waals surface area contributed by atoms with E-state index in [2.05, 4.69) is 60.0 Å². The molecule has 0 bridgehead atoms. The van der Waals surface area contributed by atoms with Crippen LogP contribution in [0, 0.1) is 13.8 Å². The predicted molar refractivity (Wildman–Crippen MR) is 131 cm³/mol. The van der Waals surface area contributed by atoms with Gasteiger partial charge in [-0.15, -0.1) is 11.3 Å². The molecule has 5 heterocycles. The summed E-state index contributed by atoms with van der Waals surface area (Å²) in [5.41, 5.74) is 5.54. The maximum absolute atomic E-state index is 4.92. The summed E-state index contributed by atoms with van der Waals surface area (Å²) in [5, 5.41) is 4.30. The Morgan fingerprint density at radius 1 is 1.06 bits per heavy atom. The van der Waals surface area contributed by atoms with Crippen LogP contribution in [-0.2, 0) is 6.54 Å². The van der Waals surface area contributed by atoms with E-state index in [1.807, 2.05) is 30.6 Å². The predicted octanol–water partition coefficient (Wildman–Crippen LogP) is 5.88. The van der Waals surface area contributed by atoms with E-state index in [-0.39, 0.29) is 5.54 Å². The highest BCUT2D eigenvalue weighted by Crippen LogP contribution is 2.32. The molecule has 0 radical (unpaired) electrons. The second-order valence-electron chi connectivity index (χ2n) is 9.15. The standard InChI is InChI=1S/C25H28N6S/c1-16-8-9-21(28-19(16)15-31-12-6-10-25(31,3)4)30-22-13-18-20(14-27-22)32-24(29-18)23-17(2)7-5-11-26-23/h5,7-9,11,13-14H,6,10,12,15H2,1-4H3,(H,27,28,30). The summed E-state index contributed by atoms with van der Waals surface area (Å²) in [6, 6.07) is 10.1. The topological polar surface area (TPSA) is 66.8 Å². The molecule has 0 spiro atoms. The molecule has 0 amide bonds. The Bertz CT molecular complexity index is 1280. The van der Waals surface area contributed by atoms with Crippen molar-refractivity contribution in [3.8, 4) is 10.7 Å². The quantitative estimate of drug-likeness (QED) is 0.414. The largest absolute Gasteiger partial charge is 0.325 e. The molecule has 0 unspecified atom stereocenters. The second kappa shape index (κ2) is 8.22. The molecule has 1 aliphatic rings. The van der Waals surface area contributed by atoms with Gasteiger partial charge in [0, 0.05) is 30.5 Å². The fourth-order valence-corrected chi connectivity index (χ4v) is 5.26. The number of fused-ring (bicyclic) bond motifs is 1. The fourth-order valence-electron chi connectivity index (χ4n) is 4.28. The molecule has 0 aromatic carbocycles. The number of hydrogen-bond acceptors (Lipinski definition) is 7. The molecule has 4 aromatic rings. The van der Waals surface area contributed by atoms with Crippen molar-refractivity contribution in [2.75, 3.05) is 11.9 Å². The van der Waals surface area contributed by atoms with Gasteiger partial charge >= 0.3 is 0 Å². The molecule has 1 fully saturated rings. The van der Waals surface area contributed by atoms with Crippen LogP contribution in [0.3, 0.4) is 0 Å². The Balaban J connectivity index is 1.39. The second-order valence-corrected chi connectivity index (χ2v) is 10.2. The summed E-state index contributed by atoms with van der Waals surface area (Å²) in [4.78, 5) is 21.4. The van der Waals surface area contributed by atoms with E-state index in [9.17, 15) is 0 Å². The van der Waals surface area contributed by atoms with Crippen LogP contribution in [0.25, 0.3) is 20.9 Å². The van der Waals surface area contributed by atoms with Crippen LogP contribution in [0.5, 0.6) is 0 Å². The number of likely N-dealkylation sites (tertiary alicyclic amines) is 1. The average molecular weight is 445 g/mol. The number of pyridine rings is 3. The first kappa shape index (κ1) is 21.0. The molecule has 0 aliphatic carbocycles. The minimum Gasteiger partial charge on any atom is -0.325 e. The van der Waals surface area contributed by atoms with Crippen molar-refractivity contribution in [3.05, 3.63) is 59.5 Å². The monoisotopic (exact) mass is 444 g/mol. The van der Waals surface area contributed by atoms with Crippen LogP contribution in [-0.4, -0.2) is 36.9 Å². The molecule has 32 heavy (non-hydrogen) atoms. The zero-order chi connectivity index (χ0) is 22.3. The van der Waals surface area contributed by atoms with E-state index in [4.69, 9.17) is 9.97 Å². The summed E-state index contributed by atoms with van der Waals surface area (Å²) in [7, 11) is 0. The first-order valence-corrected chi connectivity index (χ1v) is 11.9. The number of rotatable bonds is 5. The van der Waals surface area contributed by atoms with E-state index in [1.165, 1.54) is 18.4 Å². The lowest BCUT2D eigenvalue weighted by molar-refractivity contribution is 0.164. The van der Waals surface area contributed by atoms with E-state index >= 15 is 0 Å². The summed E-state index contributed by atoms with van der Waals surface area (Å²) in [6.07, 6.45) is 6.17. The van der Waals surface area contributed by atoms with Crippen molar-refractivity contribution >= 4 is 33.2 Å². The van der Waals surface area contributed by atoms with Gasteiger partial charge in [0.15, 0.2) is 0 Å². The van der Waals surface area contributed by atoms with Crippen LogP contribution >= 0.6 is 11.3 Å². The van der Waals surface area contributed by atoms with Crippen LogP contribution in [0.15, 0.2) is 42.7 Å². The number of aryl methyl sites for hydroxylation is 2. The van der Waals surface area contributed by atoms with Crippen molar-refractivity contribution in [3.63, 3.8) is 0 Å². The Morgan fingerprint density at radius 3 is 2.72 bits per heavy atom. The lowest BCUT2D eigenvalue weighted by atomic mass is 10.0. The van der Waals surface area contributed by atoms with Crippen LogP contribution in [0.1, 0.15) is 43.5 Å². The normalized spacial score (nSPS) is 16.0. The van der Waals surface area contributed by atoms with Gasteiger partial charge in [0.2, 0.25) is 0 Å². The number of nitrogens with zero attached hydrogens (tertiary/aromatic N) is 5. The van der Waals surface area contributed by atoms with Crippen molar-refractivity contribution in [2.24, 2.45) is 0 Å². The van der Waals surface area contributed by atoms with Crippen LogP contribution in [0.2, 0.25) is 0 Å². The third kappa shape index (κ3) is 4.10. The smallest absolute Gasteiger partial charge is 0.143 e. The van der Waals surface area contributed by atoms with Gasteiger partial charge in [-0.05, 0) is 70.3 Å². The number of nitrogens with one attached hydrogen (secondary N) is 1. The molecule has 7 heteroatoms. The van der Waals surface area contributed by atoms with Crippen LogP contribution in [0.4, 0.5) is 11.6 Å². The average Bonchev–Trinajstić information content (AvgIpc) is 3.33. The van der Waals surface area contributed by atoms with E-state index in [0.29, 0.717) is 0 Å². The van der Waals surface area contributed by atoms with Gasteiger partial charge in [-0.2, -0.15) is 0 Å². The van der Waals surface area contributed by atoms with Crippen molar-refractivity contribution < 1.29 is 0 Å². The summed E-state index contributed by atoms with van der Waals surface area (Å²) < 4.78 is 1.05. The number of hydrogen-bond donors (Lipinski definition) is 1. The van der Waals surface area contributed by atoms with E-state index in [0.717, 1.165) is 56.9 Å². The summed E-state index contributed by atoms with van der Waals surface area (Å²) in [6.45, 7) is 10.8. The Labute approximate surface area is 192 Å². The molecule has 164 valence electrons. The molecule has 5 rings (SSSR count). The Kier molecular flexibility index (Phi) is 5.39. The molecule has 4 aromatic heterocycles. The van der Waals surface area contributed by atoms with Gasteiger partial charge in [0.05, 0.1) is 15.9 Å². The molecular weight excluding hydrogens is 416 g/mol. The molecule has 0 atom stereocenters. The first-order chi connectivity index (χ1) is 15.4. The molecule has 1 N–H and O–H groups in total. The van der Waals surface area contributed by atoms with Crippen molar-refractivity contribution in [2.45, 2.75) is 52.6 Å². The summed E-state index contributed by atoms with van der Waals surface area (Å²) in [5.74, 6) is 1.56. The van der Waals surface area contributed by atoms with E-state index < -0.39 is 0 Å². The number of anilines is 2. The minimum atomic E-state index is 0.235. The SMILES string of the molecule is Cc1ccc(Nc2cc3nc(-c4ncccc4C)sc3cn2)nc1CN1CCCC1(C)C. The maximum atomic E-state index is 4.92. The molecule has 1 saturated heterocycles. The highest BCUT2D eigenvalue weighted by atomic mass is 32.1. The van der Waals surface area contributed by atoms with Gasteiger partial charge < -0.3 is 5.32 Å². The zero-order valence-electron chi connectivity index (χ0n) is 19.0. The van der Waals surface area contributed by atoms with Crippen molar-refractivity contribution in [1.29, 1.82) is 0 Å². The van der Waals surface area contributed by atoms with Crippen LogP contribution < -0.4 is 5.32 Å². The molecule has 6 nitrogen and oxygen atoms in total. The van der Waals surface area contributed by atoms with Gasteiger partial charge in [-0.25, -0.2) is 15.0 Å². The van der Waals surface area contributed by atoms with Crippen molar-refractivity contribution in [1.82, 2.24) is 24.8 Å². The maximum Gasteiger partial charge on any atom is 0.143 e. The lowest BCUT2D eigenvalue weighted by Gasteiger charge is -2.31. The Morgan fingerprint density at radius 2 is 1.94 bits per heavy atom. The zero-order valence-corrected chi connectivity index (χ0v) is 19.8. The molecule has 0 saturated carbocycles. The Hall–Kier alpha value is -2.90. The lowest BCUT2D eigenvalue weighted by Crippen LogP contribution is -2.37. The van der Waals surface area contributed by atoms with Gasteiger partial charge in [-0.3, -0.25) is 9.88 Å². The highest BCUT2D eigenvalue weighted by Gasteiger charge is 2.32. The minimum absolute atomic E-state index is 0.235. The molecule has 1 aliphatic heterocycles. The van der Waals surface area contributed by atoms with Gasteiger partial charge in [0.1, 0.15) is 22.3 Å². The number of thiazole rings is 1. The van der Waals surface area contributed by atoms with Gasteiger partial charge in [-0.1, -0.05) is 12.1 Å². The van der Waals surface area contributed by atoms with Gasteiger partial charge in [0.25, 0.3) is 0 Å².